The maximum Gasteiger partial charge on any atom is 0.290 e. The van der Waals surface area contributed by atoms with Gasteiger partial charge in [0.1, 0.15) is 17.2 Å². The van der Waals surface area contributed by atoms with Crippen LogP contribution in [0.3, 0.4) is 0 Å². The summed E-state index contributed by atoms with van der Waals surface area (Å²) in [7, 11) is 0. The van der Waals surface area contributed by atoms with Crippen LogP contribution in [0.2, 0.25) is 0 Å². The Balaban J connectivity index is 0.00000169. The minimum absolute atomic E-state index is 0. The van der Waals surface area contributed by atoms with Crippen LogP contribution in [0.1, 0.15) is 11.4 Å². The Morgan fingerprint density at radius 1 is 1.64 bits per heavy atom. The highest BCUT2D eigenvalue weighted by molar-refractivity contribution is 5.93. The maximum atomic E-state index is 10.4. The first-order valence-corrected chi connectivity index (χ1v) is 3.49. The molecule has 76 valence electrons. The molecule has 1 aromatic heterocycles. The Labute approximate surface area is 86.2 Å². The maximum absolute atomic E-state index is 10.4. The molecule has 0 atom stereocenters. The fourth-order valence-electron chi connectivity index (χ4n) is 0.897. The third-order valence-corrected chi connectivity index (χ3v) is 1.53. The van der Waals surface area contributed by atoms with Gasteiger partial charge in [0.15, 0.2) is 0 Å². The molecule has 3 N–H and O–H groups in total. The van der Waals surface area contributed by atoms with E-state index < -0.39 is 4.92 Å². The van der Waals surface area contributed by atoms with E-state index in [1.165, 1.54) is 19.1 Å². The number of amidine groups is 1. The first kappa shape index (κ1) is 12.3. The molecule has 0 saturated heterocycles. The highest BCUT2D eigenvalue weighted by Crippen LogP contribution is 2.14. The van der Waals surface area contributed by atoms with Gasteiger partial charge in [0.25, 0.3) is 5.69 Å². The molecule has 0 aliphatic heterocycles. The van der Waals surface area contributed by atoms with Gasteiger partial charge in [-0.2, -0.15) is 0 Å². The lowest BCUT2D eigenvalue weighted by Gasteiger charge is -1.99. The van der Waals surface area contributed by atoms with E-state index >= 15 is 0 Å². The zero-order valence-corrected chi connectivity index (χ0v) is 8.17. The molecule has 7 heteroatoms. The van der Waals surface area contributed by atoms with Crippen LogP contribution in [-0.2, 0) is 0 Å². The largest absolute Gasteiger partial charge is 0.382 e. The zero-order valence-electron chi connectivity index (χ0n) is 7.35. The first-order valence-electron chi connectivity index (χ1n) is 3.49. The Hall–Kier alpha value is -1.69. The zero-order chi connectivity index (χ0) is 10.0. The number of hydrogen-bond donors (Lipinski definition) is 2. The molecule has 0 aliphatic rings. The predicted molar refractivity (Wildman–Crippen MR) is 53.9 cm³/mol. The van der Waals surface area contributed by atoms with Crippen LogP contribution in [0, 0.1) is 22.4 Å². The van der Waals surface area contributed by atoms with E-state index in [0.717, 1.165) is 0 Å². The van der Waals surface area contributed by atoms with Crippen molar-refractivity contribution in [3.8, 4) is 0 Å². The molecule has 14 heavy (non-hydrogen) atoms. The van der Waals surface area contributed by atoms with Crippen LogP contribution in [-0.4, -0.2) is 15.7 Å². The molecule has 6 nitrogen and oxygen atoms in total. The second kappa shape index (κ2) is 4.52. The molecule has 0 spiro atoms. The molecule has 0 aliphatic carbocycles. The minimum atomic E-state index is -0.522. The first-order chi connectivity index (χ1) is 6.02. The van der Waals surface area contributed by atoms with Gasteiger partial charge in [-0.3, -0.25) is 15.5 Å². The van der Waals surface area contributed by atoms with Gasteiger partial charge < -0.3 is 5.73 Å². The van der Waals surface area contributed by atoms with Crippen LogP contribution in [0.15, 0.2) is 12.1 Å². The molecule has 0 saturated carbocycles. The number of aromatic nitrogens is 1. The number of aryl methyl sites for hydroxylation is 1. The normalized spacial score (nSPS) is 8.93. The Morgan fingerprint density at radius 2 is 2.21 bits per heavy atom. The summed E-state index contributed by atoms with van der Waals surface area (Å²) in [6.07, 6.45) is 0. The Bertz CT molecular complexity index is 380. The lowest BCUT2D eigenvalue weighted by atomic mass is 10.2. The quantitative estimate of drug-likeness (QED) is 0.333. The highest BCUT2D eigenvalue weighted by atomic mass is 35.5. The Kier molecular flexibility index (Phi) is 3.97. The third-order valence-electron chi connectivity index (χ3n) is 1.53. The van der Waals surface area contributed by atoms with Gasteiger partial charge in [-0.05, 0) is 13.0 Å². The number of nitrogens with one attached hydrogen (secondary N) is 1. The van der Waals surface area contributed by atoms with Crippen LogP contribution in [0.5, 0.6) is 0 Å². The summed E-state index contributed by atoms with van der Waals surface area (Å²) in [5, 5.41) is 17.4. The van der Waals surface area contributed by atoms with Crippen LogP contribution in [0.4, 0.5) is 5.69 Å². The average Bonchev–Trinajstić information content (AvgIpc) is 2.03. The van der Waals surface area contributed by atoms with Gasteiger partial charge in [0.05, 0.1) is 4.92 Å². The number of pyridine rings is 1. The van der Waals surface area contributed by atoms with E-state index in [9.17, 15) is 10.1 Å². The summed E-state index contributed by atoms with van der Waals surface area (Å²) < 4.78 is 0. The van der Waals surface area contributed by atoms with Crippen molar-refractivity contribution < 1.29 is 4.92 Å². The topological polar surface area (TPSA) is 106 Å². The second-order valence-electron chi connectivity index (χ2n) is 2.47. The molecule has 1 heterocycles. The van der Waals surface area contributed by atoms with Crippen molar-refractivity contribution in [2.24, 2.45) is 5.73 Å². The summed E-state index contributed by atoms with van der Waals surface area (Å²) in [6.45, 7) is 1.50. The molecular weight excluding hydrogens is 208 g/mol. The number of rotatable bonds is 2. The van der Waals surface area contributed by atoms with Gasteiger partial charge in [-0.25, -0.2) is 4.98 Å². The number of nitro groups is 1. The lowest BCUT2D eigenvalue weighted by molar-refractivity contribution is -0.385. The summed E-state index contributed by atoms with van der Waals surface area (Å²) in [4.78, 5) is 13.7. The van der Waals surface area contributed by atoms with E-state index in [0.29, 0.717) is 0 Å². The fraction of sp³-hybridized carbons (Fsp3) is 0.143. The summed E-state index contributed by atoms with van der Waals surface area (Å²) >= 11 is 0. The molecule has 1 aromatic rings. The molecule has 0 amide bonds. The molecule has 0 aromatic carbocycles. The van der Waals surface area contributed by atoms with E-state index in [-0.39, 0.29) is 35.3 Å². The molecule has 0 radical (unpaired) electrons. The molecular formula is C7H9ClN4O2. The standard InChI is InChI=1S/C7H8N4O2.ClH/c1-4-6(11(12)13)3-2-5(10-4)7(8)9;/h2-3H,1H3,(H3,8,9);1H. The average molecular weight is 217 g/mol. The number of nitrogens with zero attached hydrogens (tertiary/aromatic N) is 2. The number of halogens is 1. The van der Waals surface area contributed by atoms with Crippen molar-refractivity contribution in [2.75, 3.05) is 0 Å². The number of nitrogen functional groups attached to an aromatic ring is 1. The van der Waals surface area contributed by atoms with Gasteiger partial charge in [0, 0.05) is 6.07 Å². The van der Waals surface area contributed by atoms with Crippen molar-refractivity contribution in [1.29, 1.82) is 5.41 Å². The molecule has 0 unspecified atom stereocenters. The SMILES string of the molecule is Cc1nc(C(=N)N)ccc1[N+](=O)[O-].Cl. The van der Waals surface area contributed by atoms with Gasteiger partial charge in [-0.1, -0.05) is 0 Å². The summed E-state index contributed by atoms with van der Waals surface area (Å²) in [5.74, 6) is -0.196. The van der Waals surface area contributed by atoms with E-state index in [4.69, 9.17) is 11.1 Å². The van der Waals surface area contributed by atoms with Gasteiger partial charge >= 0.3 is 0 Å². The van der Waals surface area contributed by atoms with E-state index in [1.54, 1.807) is 0 Å². The smallest absolute Gasteiger partial charge is 0.290 e. The van der Waals surface area contributed by atoms with Crippen molar-refractivity contribution in [3.63, 3.8) is 0 Å². The van der Waals surface area contributed by atoms with Crippen molar-refractivity contribution in [1.82, 2.24) is 4.98 Å². The Morgan fingerprint density at radius 3 is 2.57 bits per heavy atom. The minimum Gasteiger partial charge on any atom is -0.382 e. The molecule has 0 fully saturated rings. The molecule has 1 rings (SSSR count). The summed E-state index contributed by atoms with van der Waals surface area (Å²) in [6, 6.07) is 2.65. The van der Waals surface area contributed by atoms with Crippen molar-refractivity contribution in [3.05, 3.63) is 33.6 Å². The second-order valence-corrected chi connectivity index (χ2v) is 2.47. The molecule has 0 bridgehead atoms. The number of hydrogen-bond acceptors (Lipinski definition) is 4. The van der Waals surface area contributed by atoms with Gasteiger partial charge in [0.2, 0.25) is 0 Å². The van der Waals surface area contributed by atoms with E-state index in [2.05, 4.69) is 4.98 Å². The van der Waals surface area contributed by atoms with Crippen molar-refractivity contribution >= 4 is 23.9 Å². The van der Waals surface area contributed by atoms with Crippen molar-refractivity contribution in [2.45, 2.75) is 6.92 Å². The van der Waals surface area contributed by atoms with Gasteiger partial charge in [-0.15, -0.1) is 12.4 Å². The summed E-state index contributed by atoms with van der Waals surface area (Å²) in [5.41, 5.74) is 5.61. The van der Waals surface area contributed by atoms with Crippen LogP contribution >= 0.6 is 12.4 Å². The number of nitrogens with two attached hydrogens (primary N) is 1. The third kappa shape index (κ3) is 2.40. The van der Waals surface area contributed by atoms with E-state index in [1.807, 2.05) is 0 Å². The monoisotopic (exact) mass is 216 g/mol. The fourth-order valence-corrected chi connectivity index (χ4v) is 0.897. The van der Waals surface area contributed by atoms with Crippen LogP contribution in [0.25, 0.3) is 0 Å². The highest BCUT2D eigenvalue weighted by Gasteiger charge is 2.12. The predicted octanol–water partition coefficient (Wildman–Crippen LogP) is 1.00. The lowest BCUT2D eigenvalue weighted by Crippen LogP contribution is -2.13. The van der Waals surface area contributed by atoms with Crippen LogP contribution < -0.4 is 5.73 Å².